The largest absolute Gasteiger partial charge is 0.383 e. The first kappa shape index (κ1) is 20.4. The number of hydrogen-bond donors (Lipinski definition) is 1. The number of carbonyl (C=O) groups is 1. The Balaban J connectivity index is 1.60. The highest BCUT2D eigenvalue weighted by molar-refractivity contribution is 6.00. The lowest BCUT2D eigenvalue weighted by Crippen LogP contribution is -2.22. The van der Waals surface area contributed by atoms with Gasteiger partial charge in [-0.1, -0.05) is 18.2 Å². The van der Waals surface area contributed by atoms with Gasteiger partial charge in [-0.3, -0.25) is 4.79 Å². The van der Waals surface area contributed by atoms with Gasteiger partial charge >= 0.3 is 0 Å². The Labute approximate surface area is 186 Å². The molecule has 164 valence electrons. The van der Waals surface area contributed by atoms with Crippen LogP contribution in [-0.2, 0) is 4.74 Å². The number of anilines is 1. The van der Waals surface area contributed by atoms with Crippen LogP contribution in [0, 0.1) is 0 Å². The molecule has 3 heterocycles. The van der Waals surface area contributed by atoms with E-state index < -0.39 is 0 Å². The Kier molecular flexibility index (Phi) is 5.22. The fraction of sp³-hybridized carbons (Fsp3) is 0.333. The molecule has 0 saturated heterocycles. The van der Waals surface area contributed by atoms with Crippen molar-refractivity contribution < 1.29 is 9.53 Å². The van der Waals surface area contributed by atoms with Crippen LogP contribution < -0.4 is 5.73 Å². The Morgan fingerprint density at radius 3 is 2.53 bits per heavy atom. The van der Waals surface area contributed by atoms with Crippen molar-refractivity contribution in [2.75, 3.05) is 12.8 Å². The van der Waals surface area contributed by atoms with Gasteiger partial charge in [-0.2, -0.15) is 14.7 Å². The molecule has 8 heteroatoms. The van der Waals surface area contributed by atoms with Crippen LogP contribution in [0.1, 0.15) is 54.6 Å². The van der Waals surface area contributed by atoms with Gasteiger partial charge in [-0.15, -0.1) is 0 Å². The average molecular weight is 431 g/mol. The lowest BCUT2D eigenvalue weighted by atomic mass is 9.83. The molecule has 0 spiro atoms. The SMILES string of the molecule is COC1CCC(c2nc3c(-c4cnn(-c5ccccc5)c4)cnn3c(N)c2C(C)=O)CC1. The summed E-state index contributed by atoms with van der Waals surface area (Å²) in [4.78, 5) is 17.5. The van der Waals surface area contributed by atoms with Crippen LogP contribution in [0.15, 0.2) is 48.9 Å². The monoisotopic (exact) mass is 430 g/mol. The number of nitrogens with two attached hydrogens (primary N) is 1. The van der Waals surface area contributed by atoms with Gasteiger partial charge in [0.05, 0.1) is 35.4 Å². The maximum absolute atomic E-state index is 12.5. The second kappa shape index (κ2) is 8.20. The third kappa shape index (κ3) is 3.46. The molecule has 0 radical (unpaired) electrons. The van der Waals surface area contributed by atoms with E-state index >= 15 is 0 Å². The second-order valence-corrected chi connectivity index (χ2v) is 8.33. The summed E-state index contributed by atoms with van der Waals surface area (Å²) < 4.78 is 8.90. The molecule has 8 nitrogen and oxygen atoms in total. The summed E-state index contributed by atoms with van der Waals surface area (Å²) in [6.07, 6.45) is 9.47. The van der Waals surface area contributed by atoms with E-state index in [4.69, 9.17) is 15.5 Å². The molecule has 1 saturated carbocycles. The fourth-order valence-electron chi connectivity index (χ4n) is 4.65. The summed E-state index contributed by atoms with van der Waals surface area (Å²) >= 11 is 0. The van der Waals surface area contributed by atoms with E-state index in [1.54, 1.807) is 24.0 Å². The first-order chi connectivity index (χ1) is 15.6. The van der Waals surface area contributed by atoms with E-state index in [1.807, 2.05) is 41.2 Å². The molecule has 2 N–H and O–H groups in total. The normalized spacial score (nSPS) is 18.8. The fourth-order valence-corrected chi connectivity index (χ4v) is 4.65. The van der Waals surface area contributed by atoms with Crippen LogP contribution in [-0.4, -0.2) is 43.4 Å². The minimum Gasteiger partial charge on any atom is -0.383 e. The Morgan fingerprint density at radius 2 is 1.84 bits per heavy atom. The van der Waals surface area contributed by atoms with Crippen molar-refractivity contribution in [1.29, 1.82) is 0 Å². The number of fused-ring (bicyclic) bond motifs is 1. The van der Waals surface area contributed by atoms with Crippen LogP contribution in [0.5, 0.6) is 0 Å². The van der Waals surface area contributed by atoms with E-state index in [2.05, 4.69) is 10.2 Å². The second-order valence-electron chi connectivity index (χ2n) is 8.33. The lowest BCUT2D eigenvalue weighted by Gasteiger charge is -2.28. The molecule has 1 aliphatic carbocycles. The van der Waals surface area contributed by atoms with Gasteiger partial charge in [0.25, 0.3) is 0 Å². The first-order valence-corrected chi connectivity index (χ1v) is 10.9. The van der Waals surface area contributed by atoms with Gasteiger partial charge in [-0.25, -0.2) is 9.67 Å². The Morgan fingerprint density at radius 1 is 1.09 bits per heavy atom. The van der Waals surface area contributed by atoms with E-state index in [0.717, 1.165) is 48.2 Å². The number of methoxy groups -OCH3 is 1. The van der Waals surface area contributed by atoms with E-state index in [9.17, 15) is 4.79 Å². The minimum absolute atomic E-state index is 0.0882. The van der Waals surface area contributed by atoms with Crippen molar-refractivity contribution in [2.24, 2.45) is 0 Å². The highest BCUT2D eigenvalue weighted by Crippen LogP contribution is 2.37. The van der Waals surface area contributed by atoms with Crippen LogP contribution >= 0.6 is 0 Å². The Hall–Kier alpha value is -3.52. The predicted molar refractivity (Wildman–Crippen MR) is 122 cm³/mol. The zero-order valence-electron chi connectivity index (χ0n) is 18.2. The predicted octanol–water partition coefficient (Wildman–Crippen LogP) is 4.04. The Bertz CT molecular complexity index is 1270. The maximum atomic E-state index is 12.5. The molecule has 32 heavy (non-hydrogen) atoms. The number of hydrogen-bond acceptors (Lipinski definition) is 6. The van der Waals surface area contributed by atoms with Crippen molar-refractivity contribution in [3.8, 4) is 16.8 Å². The quantitative estimate of drug-likeness (QED) is 0.480. The van der Waals surface area contributed by atoms with Gasteiger partial charge in [0.2, 0.25) is 0 Å². The van der Waals surface area contributed by atoms with Crippen LogP contribution in [0.4, 0.5) is 5.82 Å². The van der Waals surface area contributed by atoms with Crippen LogP contribution in [0.25, 0.3) is 22.5 Å². The molecule has 4 aromatic rings. The van der Waals surface area contributed by atoms with Crippen molar-refractivity contribution in [3.05, 3.63) is 60.2 Å². The van der Waals surface area contributed by atoms with Gasteiger partial charge in [-0.05, 0) is 44.7 Å². The lowest BCUT2D eigenvalue weighted by molar-refractivity contribution is 0.0654. The van der Waals surface area contributed by atoms with Gasteiger partial charge < -0.3 is 10.5 Å². The number of Topliss-reactive ketones (excluding diaryl/α,β-unsaturated/α-hetero) is 1. The van der Waals surface area contributed by atoms with Crippen molar-refractivity contribution in [2.45, 2.75) is 44.6 Å². The molecule has 0 atom stereocenters. The molecule has 3 aromatic heterocycles. The summed E-state index contributed by atoms with van der Waals surface area (Å²) in [6, 6.07) is 9.91. The number of nitrogen functional groups attached to an aromatic ring is 1. The molecule has 1 fully saturated rings. The van der Waals surface area contributed by atoms with E-state index in [1.165, 1.54) is 6.92 Å². The molecule has 0 unspecified atom stereocenters. The molecular weight excluding hydrogens is 404 g/mol. The summed E-state index contributed by atoms with van der Waals surface area (Å²) in [5, 5.41) is 8.95. The number of benzene rings is 1. The molecule has 0 bridgehead atoms. The van der Waals surface area contributed by atoms with Crippen molar-refractivity contribution in [1.82, 2.24) is 24.4 Å². The zero-order chi connectivity index (χ0) is 22.2. The molecule has 1 aliphatic rings. The molecule has 0 amide bonds. The standard InChI is InChI=1S/C24H26N6O2/c1-15(31)21-22(16-8-10-19(32-2)11-9-16)28-24-20(13-27-30(24)23(21)25)17-12-26-29(14-17)18-6-4-3-5-7-18/h3-7,12-14,16,19H,8-11,25H2,1-2H3. The number of carbonyl (C=O) groups excluding carboxylic acids is 1. The summed E-state index contributed by atoms with van der Waals surface area (Å²) in [5.74, 6) is 0.421. The average Bonchev–Trinajstić information content (AvgIpc) is 3.47. The highest BCUT2D eigenvalue weighted by Gasteiger charge is 2.29. The minimum atomic E-state index is -0.0882. The molecular formula is C24H26N6O2. The summed E-state index contributed by atoms with van der Waals surface area (Å²) in [5.41, 5.74) is 11.1. The summed E-state index contributed by atoms with van der Waals surface area (Å²) in [7, 11) is 1.75. The molecule has 1 aromatic carbocycles. The number of ether oxygens (including phenoxy) is 1. The van der Waals surface area contributed by atoms with Crippen molar-refractivity contribution >= 4 is 17.2 Å². The number of aromatic nitrogens is 5. The third-order valence-corrected chi connectivity index (χ3v) is 6.37. The molecule has 0 aliphatic heterocycles. The smallest absolute Gasteiger partial charge is 0.165 e. The first-order valence-electron chi connectivity index (χ1n) is 10.9. The number of nitrogens with zero attached hydrogens (tertiary/aromatic N) is 5. The number of para-hydroxylation sites is 1. The third-order valence-electron chi connectivity index (χ3n) is 6.37. The number of ketones is 1. The van der Waals surface area contributed by atoms with Gasteiger partial charge in [0, 0.05) is 30.4 Å². The maximum Gasteiger partial charge on any atom is 0.165 e. The topological polar surface area (TPSA) is 100 Å². The van der Waals surface area contributed by atoms with Gasteiger partial charge in [0.1, 0.15) is 5.82 Å². The van der Waals surface area contributed by atoms with Crippen LogP contribution in [0.3, 0.4) is 0 Å². The van der Waals surface area contributed by atoms with Crippen LogP contribution in [0.2, 0.25) is 0 Å². The van der Waals surface area contributed by atoms with E-state index in [0.29, 0.717) is 17.0 Å². The highest BCUT2D eigenvalue weighted by atomic mass is 16.5. The van der Waals surface area contributed by atoms with Gasteiger partial charge in [0.15, 0.2) is 11.4 Å². The summed E-state index contributed by atoms with van der Waals surface area (Å²) in [6.45, 7) is 1.54. The molecule has 5 rings (SSSR count). The number of rotatable bonds is 5. The van der Waals surface area contributed by atoms with E-state index in [-0.39, 0.29) is 17.8 Å². The zero-order valence-corrected chi connectivity index (χ0v) is 18.2. The van der Waals surface area contributed by atoms with Crippen molar-refractivity contribution in [3.63, 3.8) is 0 Å².